The molecule has 1 saturated heterocycles. The lowest BCUT2D eigenvalue weighted by Gasteiger charge is -2.14. The van der Waals surface area contributed by atoms with E-state index >= 15 is 0 Å². The molecule has 1 amide bonds. The van der Waals surface area contributed by atoms with Gasteiger partial charge in [-0.25, -0.2) is 0 Å². The van der Waals surface area contributed by atoms with Crippen molar-refractivity contribution in [3.8, 4) is 5.75 Å². The first kappa shape index (κ1) is 15.8. The average Bonchev–Trinajstić information content (AvgIpc) is 3.00. The smallest absolute Gasteiger partial charge is 0.224 e. The number of carbonyl (C=O) groups is 1. The van der Waals surface area contributed by atoms with Gasteiger partial charge in [0.1, 0.15) is 12.4 Å². The van der Waals surface area contributed by atoms with Crippen molar-refractivity contribution in [3.05, 3.63) is 29.3 Å². The molecule has 1 aliphatic rings. The largest absolute Gasteiger partial charge is 0.491 e. The summed E-state index contributed by atoms with van der Waals surface area (Å²) in [5.74, 6) is 1.02. The van der Waals surface area contributed by atoms with Gasteiger partial charge in [0.25, 0.3) is 0 Å². The molecule has 5 nitrogen and oxygen atoms in total. The maximum absolute atomic E-state index is 12.0. The predicted molar refractivity (Wildman–Crippen MR) is 81.4 cm³/mol. The van der Waals surface area contributed by atoms with E-state index in [9.17, 15) is 4.79 Å². The summed E-state index contributed by atoms with van der Waals surface area (Å²) in [4.78, 5) is 12.0. The van der Waals surface area contributed by atoms with Crippen LogP contribution in [-0.4, -0.2) is 39.3 Å². The fourth-order valence-corrected chi connectivity index (χ4v) is 2.38. The molecule has 0 spiro atoms. The summed E-state index contributed by atoms with van der Waals surface area (Å²) in [6, 6.07) is 6.03. The van der Waals surface area contributed by atoms with Gasteiger partial charge in [0, 0.05) is 25.8 Å². The van der Waals surface area contributed by atoms with Gasteiger partial charge in [-0.15, -0.1) is 0 Å². The molecular weight excluding hydrogens is 268 g/mol. The molecule has 0 bridgehead atoms. The van der Waals surface area contributed by atoms with Gasteiger partial charge in [0.15, 0.2) is 0 Å². The highest BCUT2D eigenvalue weighted by molar-refractivity contribution is 5.79. The SMILES string of the molecule is COCCOc1cc(C)ccc1CNC(=O)C1CCNC1. The summed E-state index contributed by atoms with van der Waals surface area (Å²) in [6.07, 6.45) is 0.914. The molecule has 0 aromatic heterocycles. The lowest BCUT2D eigenvalue weighted by molar-refractivity contribution is -0.124. The first-order valence-electron chi connectivity index (χ1n) is 7.40. The normalized spacial score (nSPS) is 17.7. The van der Waals surface area contributed by atoms with E-state index in [4.69, 9.17) is 9.47 Å². The Hall–Kier alpha value is -1.59. The number of amides is 1. The van der Waals surface area contributed by atoms with Crippen LogP contribution < -0.4 is 15.4 Å². The van der Waals surface area contributed by atoms with Crippen LogP contribution in [0.5, 0.6) is 5.75 Å². The molecule has 0 radical (unpaired) electrons. The van der Waals surface area contributed by atoms with Crippen LogP contribution in [0.3, 0.4) is 0 Å². The third-order valence-corrected chi connectivity index (χ3v) is 3.65. The Morgan fingerprint density at radius 1 is 1.43 bits per heavy atom. The van der Waals surface area contributed by atoms with E-state index in [0.29, 0.717) is 19.8 Å². The van der Waals surface area contributed by atoms with Gasteiger partial charge >= 0.3 is 0 Å². The fourth-order valence-electron chi connectivity index (χ4n) is 2.38. The predicted octanol–water partition coefficient (Wildman–Crippen LogP) is 1.25. The van der Waals surface area contributed by atoms with E-state index in [0.717, 1.165) is 36.4 Å². The molecule has 21 heavy (non-hydrogen) atoms. The zero-order valence-electron chi connectivity index (χ0n) is 12.8. The molecule has 2 N–H and O–H groups in total. The van der Waals surface area contributed by atoms with Crippen molar-refractivity contribution in [2.75, 3.05) is 33.4 Å². The summed E-state index contributed by atoms with van der Waals surface area (Å²) >= 11 is 0. The van der Waals surface area contributed by atoms with Crippen molar-refractivity contribution in [2.24, 2.45) is 5.92 Å². The number of benzene rings is 1. The summed E-state index contributed by atoms with van der Waals surface area (Å²) in [7, 11) is 1.65. The van der Waals surface area contributed by atoms with E-state index in [2.05, 4.69) is 10.6 Å². The molecule has 0 aliphatic carbocycles. The van der Waals surface area contributed by atoms with Gasteiger partial charge in [-0.1, -0.05) is 12.1 Å². The summed E-state index contributed by atoms with van der Waals surface area (Å²) in [6.45, 7) is 5.28. The van der Waals surface area contributed by atoms with Gasteiger partial charge in [-0.2, -0.15) is 0 Å². The number of rotatable bonds is 7. The summed E-state index contributed by atoms with van der Waals surface area (Å²) < 4.78 is 10.7. The zero-order valence-corrected chi connectivity index (χ0v) is 12.8. The molecule has 1 aliphatic heterocycles. The van der Waals surface area contributed by atoms with Crippen LogP contribution in [0.1, 0.15) is 17.5 Å². The van der Waals surface area contributed by atoms with Gasteiger partial charge in [-0.3, -0.25) is 4.79 Å². The highest BCUT2D eigenvalue weighted by atomic mass is 16.5. The zero-order chi connectivity index (χ0) is 15.1. The van der Waals surface area contributed by atoms with Gasteiger partial charge in [-0.05, 0) is 31.5 Å². The second kappa shape index (κ2) is 8.00. The molecule has 1 fully saturated rings. The molecule has 1 aromatic rings. The summed E-state index contributed by atoms with van der Waals surface area (Å²) in [5.41, 5.74) is 2.13. The second-order valence-electron chi connectivity index (χ2n) is 5.36. The monoisotopic (exact) mass is 292 g/mol. The minimum atomic E-state index is 0.0910. The first-order valence-corrected chi connectivity index (χ1v) is 7.40. The average molecular weight is 292 g/mol. The van der Waals surface area contributed by atoms with Gasteiger partial charge in [0.2, 0.25) is 5.91 Å². The number of methoxy groups -OCH3 is 1. The third-order valence-electron chi connectivity index (χ3n) is 3.65. The van der Waals surface area contributed by atoms with Crippen molar-refractivity contribution in [2.45, 2.75) is 19.9 Å². The van der Waals surface area contributed by atoms with E-state index in [1.165, 1.54) is 0 Å². The van der Waals surface area contributed by atoms with Crippen LogP contribution in [0.25, 0.3) is 0 Å². The molecule has 1 atom stereocenters. The second-order valence-corrected chi connectivity index (χ2v) is 5.36. The van der Waals surface area contributed by atoms with Crippen molar-refractivity contribution < 1.29 is 14.3 Å². The number of ether oxygens (including phenoxy) is 2. The lowest BCUT2D eigenvalue weighted by Crippen LogP contribution is -2.31. The number of hydrogen-bond donors (Lipinski definition) is 2. The Kier molecular flexibility index (Phi) is 6.02. The quantitative estimate of drug-likeness (QED) is 0.743. The minimum Gasteiger partial charge on any atom is -0.491 e. The van der Waals surface area contributed by atoms with E-state index in [1.54, 1.807) is 7.11 Å². The van der Waals surface area contributed by atoms with Crippen LogP contribution in [0.2, 0.25) is 0 Å². The number of hydrogen-bond acceptors (Lipinski definition) is 4. The molecule has 5 heteroatoms. The molecule has 1 heterocycles. The minimum absolute atomic E-state index is 0.0910. The van der Waals surface area contributed by atoms with Crippen LogP contribution in [-0.2, 0) is 16.1 Å². The molecule has 2 rings (SSSR count). The fraction of sp³-hybridized carbons (Fsp3) is 0.562. The van der Waals surface area contributed by atoms with Crippen molar-refractivity contribution in [3.63, 3.8) is 0 Å². The number of nitrogens with one attached hydrogen (secondary N) is 2. The van der Waals surface area contributed by atoms with Crippen LogP contribution in [0.4, 0.5) is 0 Å². The maximum atomic E-state index is 12.0. The Morgan fingerprint density at radius 2 is 2.29 bits per heavy atom. The third kappa shape index (κ3) is 4.72. The van der Waals surface area contributed by atoms with Crippen molar-refractivity contribution in [1.29, 1.82) is 0 Å². The maximum Gasteiger partial charge on any atom is 0.224 e. The molecular formula is C16H24N2O3. The van der Waals surface area contributed by atoms with Crippen molar-refractivity contribution >= 4 is 5.91 Å². The van der Waals surface area contributed by atoms with E-state index in [-0.39, 0.29) is 11.8 Å². The van der Waals surface area contributed by atoms with Gasteiger partial charge < -0.3 is 20.1 Å². The highest BCUT2D eigenvalue weighted by Crippen LogP contribution is 2.20. The van der Waals surface area contributed by atoms with Crippen LogP contribution >= 0.6 is 0 Å². The van der Waals surface area contributed by atoms with Crippen LogP contribution in [0.15, 0.2) is 18.2 Å². The molecule has 1 unspecified atom stereocenters. The number of carbonyl (C=O) groups excluding carboxylic acids is 1. The van der Waals surface area contributed by atoms with Crippen molar-refractivity contribution in [1.82, 2.24) is 10.6 Å². The highest BCUT2D eigenvalue weighted by Gasteiger charge is 2.22. The first-order chi connectivity index (χ1) is 10.2. The molecule has 1 aromatic carbocycles. The summed E-state index contributed by atoms with van der Waals surface area (Å²) in [5, 5.41) is 6.21. The topological polar surface area (TPSA) is 59.6 Å². The Bertz CT molecular complexity index is 471. The van der Waals surface area contributed by atoms with Gasteiger partial charge in [0.05, 0.1) is 12.5 Å². The molecule has 116 valence electrons. The standard InChI is InChI=1S/C16H24N2O3/c1-12-3-4-13(15(9-12)21-8-7-20-2)11-18-16(19)14-5-6-17-10-14/h3-4,9,14,17H,5-8,10-11H2,1-2H3,(H,18,19). The van der Waals surface area contributed by atoms with E-state index in [1.807, 2.05) is 25.1 Å². The Labute approximate surface area is 126 Å². The number of aryl methyl sites for hydroxylation is 1. The van der Waals surface area contributed by atoms with Crippen LogP contribution in [0, 0.1) is 12.8 Å². The van der Waals surface area contributed by atoms with E-state index < -0.39 is 0 Å². The lowest BCUT2D eigenvalue weighted by atomic mass is 10.1. The Morgan fingerprint density at radius 3 is 3.00 bits per heavy atom. The molecule has 0 saturated carbocycles. The Balaban J connectivity index is 1.93.